The molecule has 1 aliphatic carbocycles. The van der Waals surface area contributed by atoms with Crippen molar-refractivity contribution in [3.05, 3.63) is 59.7 Å². The lowest BCUT2D eigenvalue weighted by Crippen LogP contribution is -2.49. The van der Waals surface area contributed by atoms with Gasteiger partial charge in [0.05, 0.1) is 13.5 Å². The number of hydrogen-bond acceptors (Lipinski definition) is 5. The van der Waals surface area contributed by atoms with Gasteiger partial charge in [0.25, 0.3) is 5.91 Å². The van der Waals surface area contributed by atoms with E-state index in [1.165, 1.54) is 7.11 Å². The number of carbonyl (C=O) groups excluding carboxylic acids is 2. The molecule has 8 nitrogen and oxygen atoms in total. The van der Waals surface area contributed by atoms with E-state index in [9.17, 15) is 14.4 Å². The monoisotopic (exact) mass is 412 g/mol. The van der Waals surface area contributed by atoms with Gasteiger partial charge in [-0.15, -0.1) is 0 Å². The van der Waals surface area contributed by atoms with Crippen molar-refractivity contribution in [2.24, 2.45) is 0 Å². The Balaban J connectivity index is 1.70. The minimum absolute atomic E-state index is 0.0651. The number of nitrogens with one attached hydrogen (secondary N) is 1. The molecule has 0 saturated carbocycles. The van der Waals surface area contributed by atoms with Gasteiger partial charge in [0.15, 0.2) is 0 Å². The third kappa shape index (κ3) is 4.44. The van der Waals surface area contributed by atoms with Gasteiger partial charge in [0, 0.05) is 12.5 Å². The van der Waals surface area contributed by atoms with Gasteiger partial charge in [-0.05, 0) is 29.2 Å². The van der Waals surface area contributed by atoms with Crippen molar-refractivity contribution in [1.29, 1.82) is 0 Å². The van der Waals surface area contributed by atoms with Crippen LogP contribution in [-0.2, 0) is 19.2 Å². The van der Waals surface area contributed by atoms with Gasteiger partial charge in [0.2, 0.25) is 0 Å². The van der Waals surface area contributed by atoms with Crippen LogP contribution in [0.3, 0.4) is 0 Å². The molecule has 2 N–H and O–H groups in total. The maximum atomic E-state index is 12.4. The predicted octanol–water partition coefficient (Wildman–Crippen LogP) is 2.78. The first kappa shape index (κ1) is 21.3. The van der Waals surface area contributed by atoms with Crippen molar-refractivity contribution < 1.29 is 29.1 Å². The number of amides is 2. The Hall–Kier alpha value is -3.39. The number of hydrogen-bond donors (Lipinski definition) is 2. The molecule has 0 fully saturated rings. The molecule has 158 valence electrons. The van der Waals surface area contributed by atoms with Crippen LogP contribution in [0.15, 0.2) is 48.5 Å². The van der Waals surface area contributed by atoms with Crippen molar-refractivity contribution in [2.75, 3.05) is 20.3 Å². The third-order valence-corrected chi connectivity index (χ3v) is 5.07. The number of benzene rings is 2. The highest BCUT2D eigenvalue weighted by Gasteiger charge is 2.31. The van der Waals surface area contributed by atoms with Gasteiger partial charge in [-0.25, -0.2) is 9.86 Å². The summed E-state index contributed by atoms with van der Waals surface area (Å²) in [5.41, 5.74) is 4.31. The Morgan fingerprint density at radius 3 is 2.13 bits per heavy atom. The van der Waals surface area contributed by atoms with Gasteiger partial charge < -0.3 is 15.2 Å². The summed E-state index contributed by atoms with van der Waals surface area (Å²) in [5, 5.41) is 12.4. The second kappa shape index (κ2) is 9.41. The molecule has 2 amide bonds. The van der Waals surface area contributed by atoms with Crippen molar-refractivity contribution in [3.8, 4) is 11.1 Å². The molecule has 30 heavy (non-hydrogen) atoms. The van der Waals surface area contributed by atoms with Crippen LogP contribution >= 0.6 is 0 Å². The van der Waals surface area contributed by atoms with E-state index in [0.29, 0.717) is 0 Å². The maximum Gasteiger partial charge on any atom is 0.407 e. The summed E-state index contributed by atoms with van der Waals surface area (Å²) in [7, 11) is 1.30. The zero-order chi connectivity index (χ0) is 21.7. The van der Waals surface area contributed by atoms with Gasteiger partial charge in [-0.2, -0.15) is 0 Å². The number of nitrogens with zero attached hydrogens (tertiary/aromatic N) is 1. The molecule has 0 aromatic heterocycles. The highest BCUT2D eigenvalue weighted by Crippen LogP contribution is 2.44. The Bertz CT molecular complexity index is 895. The molecule has 8 heteroatoms. The molecule has 0 saturated heterocycles. The molecule has 2 aromatic carbocycles. The first-order valence-electron chi connectivity index (χ1n) is 9.65. The number of aliphatic carboxylic acids is 1. The molecule has 1 aliphatic rings. The summed E-state index contributed by atoms with van der Waals surface area (Å²) in [4.78, 5) is 40.9. The maximum absolute atomic E-state index is 12.4. The van der Waals surface area contributed by atoms with Crippen LogP contribution < -0.4 is 5.32 Å². The van der Waals surface area contributed by atoms with E-state index in [2.05, 4.69) is 5.32 Å². The van der Waals surface area contributed by atoms with E-state index in [-0.39, 0.29) is 19.1 Å². The van der Waals surface area contributed by atoms with E-state index < -0.39 is 30.4 Å². The molecule has 2 aromatic rings. The molecule has 1 atom stereocenters. The average Bonchev–Trinajstić information content (AvgIpc) is 3.06. The number of rotatable bonds is 8. The summed E-state index contributed by atoms with van der Waals surface area (Å²) in [6, 6.07) is 14.5. The first-order chi connectivity index (χ1) is 14.5. The van der Waals surface area contributed by atoms with Crippen molar-refractivity contribution >= 4 is 18.0 Å². The second-order valence-corrected chi connectivity index (χ2v) is 6.84. The van der Waals surface area contributed by atoms with Crippen LogP contribution in [0.25, 0.3) is 11.1 Å². The van der Waals surface area contributed by atoms with Gasteiger partial charge in [-0.1, -0.05) is 48.5 Å². The molecule has 1 unspecified atom stereocenters. The lowest BCUT2D eigenvalue weighted by atomic mass is 9.98. The van der Waals surface area contributed by atoms with Crippen LogP contribution in [0.5, 0.6) is 0 Å². The average molecular weight is 412 g/mol. The molecular formula is C22H24N2O6. The van der Waals surface area contributed by atoms with Crippen molar-refractivity contribution in [2.45, 2.75) is 25.3 Å². The largest absolute Gasteiger partial charge is 0.481 e. The van der Waals surface area contributed by atoms with E-state index in [1.807, 2.05) is 48.5 Å². The number of hydroxylamine groups is 2. The molecule has 0 spiro atoms. The molecule has 0 heterocycles. The highest BCUT2D eigenvalue weighted by atomic mass is 16.7. The number of ether oxygens (including phenoxy) is 1. The number of likely N-dealkylation sites (N-methyl/N-ethyl adjacent to an activating group) is 1. The SMILES string of the molecule is CCN(OC)C(=O)C(CC(=O)O)NC(=O)OCC1c2ccccc2-c2ccccc21. The molecule has 0 radical (unpaired) electrons. The first-order valence-corrected chi connectivity index (χ1v) is 9.65. The van der Waals surface area contributed by atoms with E-state index >= 15 is 0 Å². The van der Waals surface area contributed by atoms with Crippen molar-refractivity contribution in [1.82, 2.24) is 10.4 Å². The Kier molecular flexibility index (Phi) is 6.68. The normalized spacial score (nSPS) is 13.1. The van der Waals surface area contributed by atoms with Gasteiger partial charge in [0.1, 0.15) is 12.6 Å². The fourth-order valence-corrected chi connectivity index (χ4v) is 3.71. The summed E-state index contributed by atoms with van der Waals surface area (Å²) in [6.07, 6.45) is -1.44. The minimum Gasteiger partial charge on any atom is -0.481 e. The molecular weight excluding hydrogens is 388 g/mol. The fraction of sp³-hybridized carbons (Fsp3) is 0.318. The van der Waals surface area contributed by atoms with Crippen LogP contribution in [0.1, 0.15) is 30.4 Å². The van der Waals surface area contributed by atoms with Crippen LogP contribution in [0.4, 0.5) is 4.79 Å². The zero-order valence-electron chi connectivity index (χ0n) is 16.8. The van der Waals surface area contributed by atoms with Crippen LogP contribution in [0.2, 0.25) is 0 Å². The Labute approximate surface area is 174 Å². The Morgan fingerprint density at radius 1 is 1.07 bits per heavy atom. The number of alkyl carbamates (subject to hydrolysis) is 1. The topological polar surface area (TPSA) is 105 Å². The van der Waals surface area contributed by atoms with Crippen LogP contribution in [-0.4, -0.2) is 54.4 Å². The summed E-state index contributed by atoms with van der Waals surface area (Å²) in [6.45, 7) is 1.94. The van der Waals surface area contributed by atoms with Gasteiger partial charge in [-0.3, -0.25) is 14.4 Å². The van der Waals surface area contributed by atoms with E-state index in [1.54, 1.807) is 6.92 Å². The highest BCUT2D eigenvalue weighted by molar-refractivity contribution is 5.88. The molecule has 0 bridgehead atoms. The predicted molar refractivity (Wildman–Crippen MR) is 109 cm³/mol. The fourth-order valence-electron chi connectivity index (χ4n) is 3.71. The number of carboxylic acid groups (broad SMARTS) is 1. The van der Waals surface area contributed by atoms with Crippen LogP contribution in [0, 0.1) is 0 Å². The minimum atomic E-state index is -1.29. The lowest BCUT2D eigenvalue weighted by Gasteiger charge is -2.24. The summed E-state index contributed by atoms with van der Waals surface area (Å²) >= 11 is 0. The van der Waals surface area contributed by atoms with Gasteiger partial charge >= 0.3 is 12.1 Å². The second-order valence-electron chi connectivity index (χ2n) is 6.84. The standard InChI is InChI=1S/C22H24N2O6/c1-3-24(29-2)21(27)19(12-20(25)26)23-22(28)30-13-18-16-10-6-4-8-14(16)15-9-5-7-11-17(15)18/h4-11,18-19H,3,12-13H2,1-2H3,(H,23,28)(H,25,26). The van der Waals surface area contributed by atoms with E-state index in [0.717, 1.165) is 27.3 Å². The number of fused-ring (bicyclic) bond motifs is 3. The zero-order valence-corrected chi connectivity index (χ0v) is 16.8. The van der Waals surface area contributed by atoms with E-state index in [4.69, 9.17) is 14.7 Å². The summed E-state index contributed by atoms with van der Waals surface area (Å²) < 4.78 is 5.39. The molecule has 0 aliphatic heterocycles. The third-order valence-electron chi connectivity index (χ3n) is 5.07. The Morgan fingerprint density at radius 2 is 1.63 bits per heavy atom. The number of carboxylic acids is 1. The van der Waals surface area contributed by atoms with Crippen molar-refractivity contribution in [3.63, 3.8) is 0 Å². The lowest BCUT2D eigenvalue weighted by molar-refractivity contribution is -0.178. The smallest absolute Gasteiger partial charge is 0.407 e. The number of carbonyl (C=O) groups is 3. The molecule has 3 rings (SSSR count). The quantitative estimate of drug-likeness (QED) is 0.646. The summed E-state index contributed by atoms with van der Waals surface area (Å²) in [5.74, 6) is -2.02.